The fourth-order valence-electron chi connectivity index (χ4n) is 4.42. The van der Waals surface area contributed by atoms with E-state index in [1.807, 2.05) is 48.7 Å². The Morgan fingerprint density at radius 1 is 1.03 bits per heavy atom. The first-order valence-corrected chi connectivity index (χ1v) is 13.2. The highest BCUT2D eigenvalue weighted by Gasteiger charge is 2.29. The molecule has 0 radical (unpaired) electrons. The van der Waals surface area contributed by atoms with E-state index in [-0.39, 0.29) is 16.4 Å². The lowest BCUT2D eigenvalue weighted by Gasteiger charge is -2.36. The highest BCUT2D eigenvalue weighted by atomic mass is 32.2. The number of fused-ring (bicyclic) bond motifs is 1. The highest BCUT2D eigenvalue weighted by molar-refractivity contribution is 8.13. The zero-order chi connectivity index (χ0) is 25.3. The van der Waals surface area contributed by atoms with Crippen molar-refractivity contribution in [3.05, 3.63) is 96.2 Å². The monoisotopic (exact) mass is 488 g/mol. The predicted molar refractivity (Wildman–Crippen MR) is 150 cm³/mol. The van der Waals surface area contributed by atoms with Crippen molar-refractivity contribution in [1.29, 1.82) is 0 Å². The number of nitrogens with zero attached hydrogens (tertiary/aromatic N) is 2. The molecule has 0 bridgehead atoms. The molecule has 0 atom stereocenters. The SMILES string of the molecule is CC(=O)SCCCN1CC/C=C(/C=C/C=C/N(C(C)=O)c2ccccc2)C(C)(C)c2ccccc21. The molecule has 5 heteroatoms. The van der Waals surface area contributed by atoms with Crippen LogP contribution in [0.5, 0.6) is 0 Å². The summed E-state index contributed by atoms with van der Waals surface area (Å²) in [5, 5.41) is 0.183. The minimum absolute atomic E-state index is 0.0259. The fraction of sp³-hybridized carbons (Fsp3) is 0.333. The van der Waals surface area contributed by atoms with Gasteiger partial charge < -0.3 is 4.90 Å². The molecular formula is C30H36N2O2S. The number of amides is 1. The van der Waals surface area contributed by atoms with Crippen LogP contribution < -0.4 is 9.80 Å². The van der Waals surface area contributed by atoms with Crippen molar-refractivity contribution >= 4 is 34.2 Å². The number of para-hydroxylation sites is 2. The van der Waals surface area contributed by atoms with Gasteiger partial charge >= 0.3 is 0 Å². The number of hydrogen-bond donors (Lipinski definition) is 0. The van der Waals surface area contributed by atoms with Gasteiger partial charge in [-0.25, -0.2) is 0 Å². The molecule has 0 saturated carbocycles. The van der Waals surface area contributed by atoms with Crippen LogP contribution >= 0.6 is 11.8 Å². The minimum Gasteiger partial charge on any atom is -0.371 e. The van der Waals surface area contributed by atoms with Gasteiger partial charge in [-0.15, -0.1) is 0 Å². The number of allylic oxidation sites excluding steroid dienone is 4. The van der Waals surface area contributed by atoms with E-state index in [0.717, 1.165) is 37.4 Å². The largest absolute Gasteiger partial charge is 0.371 e. The van der Waals surface area contributed by atoms with E-state index >= 15 is 0 Å². The van der Waals surface area contributed by atoms with Crippen LogP contribution in [0.1, 0.15) is 46.1 Å². The molecule has 1 heterocycles. The van der Waals surface area contributed by atoms with E-state index in [4.69, 9.17) is 0 Å². The zero-order valence-corrected chi connectivity index (χ0v) is 22.1. The van der Waals surface area contributed by atoms with Crippen LogP contribution in [0.25, 0.3) is 0 Å². The third-order valence-corrected chi connectivity index (χ3v) is 7.18. The molecule has 0 saturated heterocycles. The van der Waals surface area contributed by atoms with E-state index in [0.29, 0.717) is 0 Å². The summed E-state index contributed by atoms with van der Waals surface area (Å²) >= 11 is 1.41. The van der Waals surface area contributed by atoms with Gasteiger partial charge in [0.1, 0.15) is 0 Å². The number of carbonyl (C=O) groups is 2. The van der Waals surface area contributed by atoms with Crippen molar-refractivity contribution < 1.29 is 9.59 Å². The maximum Gasteiger partial charge on any atom is 0.227 e. The standard InChI is InChI=1S/C30H36N2O2S/c1-24(33)32(27-16-6-5-7-17-27)22-11-10-14-26-15-12-20-31(21-13-23-35-25(2)34)29-19-9-8-18-28(29)30(26,3)4/h5-11,14-19,22H,12-13,20-21,23H2,1-4H3/b14-10+,22-11+,26-15-. The molecule has 0 unspecified atom stereocenters. The molecule has 0 aromatic heterocycles. The van der Waals surface area contributed by atoms with E-state index in [1.165, 1.54) is 28.6 Å². The summed E-state index contributed by atoms with van der Waals surface area (Å²) in [6.45, 7) is 9.63. The number of benzene rings is 2. The molecule has 1 aliphatic rings. The molecule has 2 aromatic rings. The Hall–Kier alpha value is -3.05. The molecular weight excluding hydrogens is 452 g/mol. The summed E-state index contributed by atoms with van der Waals surface area (Å²) in [5.41, 5.74) is 4.51. The summed E-state index contributed by atoms with van der Waals surface area (Å²) in [4.78, 5) is 27.5. The maximum absolute atomic E-state index is 12.1. The first-order valence-electron chi connectivity index (χ1n) is 12.2. The number of thioether (sulfide) groups is 1. The number of hydrogen-bond acceptors (Lipinski definition) is 4. The molecule has 0 aliphatic carbocycles. The van der Waals surface area contributed by atoms with Gasteiger partial charge in [0.05, 0.1) is 0 Å². The van der Waals surface area contributed by atoms with Crippen LogP contribution in [0.15, 0.2) is 90.7 Å². The fourth-order valence-corrected chi connectivity index (χ4v) is 4.98. The Labute approximate surface area is 214 Å². The molecule has 1 amide bonds. The third kappa shape index (κ3) is 7.22. The maximum atomic E-state index is 12.1. The first kappa shape index (κ1) is 26.6. The molecule has 184 valence electrons. The summed E-state index contributed by atoms with van der Waals surface area (Å²) in [5.74, 6) is 0.829. The number of anilines is 2. The van der Waals surface area contributed by atoms with Crippen molar-refractivity contribution in [1.82, 2.24) is 0 Å². The van der Waals surface area contributed by atoms with Gasteiger partial charge in [0, 0.05) is 55.7 Å². The Kier molecular flexibility index (Phi) is 9.55. The second-order valence-electron chi connectivity index (χ2n) is 9.20. The first-order chi connectivity index (χ1) is 16.8. The van der Waals surface area contributed by atoms with Crippen molar-refractivity contribution in [3.63, 3.8) is 0 Å². The van der Waals surface area contributed by atoms with Crippen LogP contribution in [-0.4, -0.2) is 29.9 Å². The lowest BCUT2D eigenvalue weighted by atomic mass is 9.75. The summed E-state index contributed by atoms with van der Waals surface area (Å²) in [7, 11) is 0. The van der Waals surface area contributed by atoms with Crippen molar-refractivity contribution in [2.75, 3.05) is 28.6 Å². The van der Waals surface area contributed by atoms with Gasteiger partial charge in [0.15, 0.2) is 5.12 Å². The molecule has 2 aromatic carbocycles. The molecule has 0 N–H and O–H groups in total. The van der Waals surface area contributed by atoms with Crippen molar-refractivity contribution in [3.8, 4) is 0 Å². The topological polar surface area (TPSA) is 40.6 Å². The second kappa shape index (κ2) is 12.6. The molecule has 0 fully saturated rings. The Morgan fingerprint density at radius 3 is 2.46 bits per heavy atom. The molecule has 1 aliphatic heterocycles. The van der Waals surface area contributed by atoms with Gasteiger partial charge in [-0.05, 0) is 48.3 Å². The van der Waals surface area contributed by atoms with Crippen molar-refractivity contribution in [2.24, 2.45) is 0 Å². The average molecular weight is 489 g/mol. The van der Waals surface area contributed by atoms with Crippen LogP contribution in [0.3, 0.4) is 0 Å². The smallest absolute Gasteiger partial charge is 0.227 e. The lowest BCUT2D eigenvalue weighted by Crippen LogP contribution is -2.32. The Balaban J connectivity index is 1.79. The average Bonchev–Trinajstić information content (AvgIpc) is 2.83. The van der Waals surface area contributed by atoms with E-state index in [1.54, 1.807) is 18.7 Å². The zero-order valence-electron chi connectivity index (χ0n) is 21.2. The van der Waals surface area contributed by atoms with Gasteiger partial charge in [-0.3, -0.25) is 14.5 Å². The Bertz CT molecular complexity index is 1100. The predicted octanol–water partition coefficient (Wildman–Crippen LogP) is 6.89. The third-order valence-electron chi connectivity index (χ3n) is 6.28. The van der Waals surface area contributed by atoms with Gasteiger partial charge in [-0.2, -0.15) is 0 Å². The quantitative estimate of drug-likeness (QED) is 0.300. The Morgan fingerprint density at radius 2 is 1.74 bits per heavy atom. The number of carbonyl (C=O) groups excluding carboxylic acids is 2. The lowest BCUT2D eigenvalue weighted by molar-refractivity contribution is -0.116. The van der Waals surface area contributed by atoms with Gasteiger partial charge in [-0.1, -0.05) is 80.2 Å². The van der Waals surface area contributed by atoms with Crippen molar-refractivity contribution in [2.45, 2.75) is 46.0 Å². The van der Waals surface area contributed by atoms with Crippen LogP contribution in [-0.2, 0) is 15.0 Å². The normalized spacial score (nSPS) is 16.9. The number of rotatable bonds is 8. The van der Waals surface area contributed by atoms with E-state index in [2.05, 4.69) is 55.2 Å². The van der Waals surface area contributed by atoms with E-state index < -0.39 is 0 Å². The second-order valence-corrected chi connectivity index (χ2v) is 10.5. The van der Waals surface area contributed by atoms with Crippen LogP contribution in [0.4, 0.5) is 11.4 Å². The van der Waals surface area contributed by atoms with Crippen LogP contribution in [0, 0.1) is 0 Å². The summed E-state index contributed by atoms with van der Waals surface area (Å²) in [6.07, 6.45) is 12.2. The van der Waals surface area contributed by atoms with Gasteiger partial charge in [0.25, 0.3) is 0 Å². The minimum atomic E-state index is -0.173. The van der Waals surface area contributed by atoms with Crippen LogP contribution in [0.2, 0.25) is 0 Å². The summed E-state index contributed by atoms with van der Waals surface area (Å²) < 4.78 is 0. The van der Waals surface area contributed by atoms with Gasteiger partial charge in [0.2, 0.25) is 5.91 Å². The molecule has 4 nitrogen and oxygen atoms in total. The molecule has 3 rings (SSSR count). The molecule has 35 heavy (non-hydrogen) atoms. The summed E-state index contributed by atoms with van der Waals surface area (Å²) in [6, 6.07) is 18.3. The highest BCUT2D eigenvalue weighted by Crippen LogP contribution is 2.40. The molecule has 0 spiro atoms. The van der Waals surface area contributed by atoms with E-state index in [9.17, 15) is 9.59 Å².